The first-order valence-corrected chi connectivity index (χ1v) is 8.76. The van der Waals surface area contributed by atoms with Crippen molar-refractivity contribution >= 4 is 41.3 Å². The third-order valence-electron chi connectivity index (χ3n) is 3.47. The molecular formula is C16H29IN4S. The molecule has 2 N–H and O–H groups in total. The summed E-state index contributed by atoms with van der Waals surface area (Å²) < 4.78 is 0. The normalized spacial score (nSPS) is 15.0. The summed E-state index contributed by atoms with van der Waals surface area (Å²) in [6.45, 7) is 7.35. The van der Waals surface area contributed by atoms with Crippen LogP contribution in [0.2, 0.25) is 0 Å². The molecule has 2 rings (SSSR count). The second kappa shape index (κ2) is 9.05. The Morgan fingerprint density at radius 3 is 2.64 bits per heavy atom. The number of thiazole rings is 1. The molecule has 1 aromatic heterocycles. The van der Waals surface area contributed by atoms with Crippen LogP contribution in [-0.2, 0) is 19.3 Å². The molecule has 0 bridgehead atoms. The van der Waals surface area contributed by atoms with Gasteiger partial charge in [0.15, 0.2) is 5.96 Å². The van der Waals surface area contributed by atoms with E-state index in [0.717, 1.165) is 25.3 Å². The lowest BCUT2D eigenvalue weighted by atomic mass is 10.0. The van der Waals surface area contributed by atoms with E-state index in [0.29, 0.717) is 0 Å². The minimum atomic E-state index is 0. The Morgan fingerprint density at radius 2 is 2.00 bits per heavy atom. The fourth-order valence-electron chi connectivity index (χ4n) is 2.49. The monoisotopic (exact) mass is 436 g/mol. The number of hydrogen-bond acceptors (Lipinski definition) is 3. The van der Waals surface area contributed by atoms with Gasteiger partial charge in [-0.3, -0.25) is 4.99 Å². The van der Waals surface area contributed by atoms with E-state index < -0.39 is 0 Å². The van der Waals surface area contributed by atoms with Crippen molar-refractivity contribution < 1.29 is 0 Å². The van der Waals surface area contributed by atoms with Crippen molar-refractivity contribution in [1.82, 2.24) is 15.6 Å². The van der Waals surface area contributed by atoms with Crippen molar-refractivity contribution in [1.29, 1.82) is 0 Å². The summed E-state index contributed by atoms with van der Waals surface area (Å²) in [7, 11) is 1.82. The predicted molar refractivity (Wildman–Crippen MR) is 107 cm³/mol. The van der Waals surface area contributed by atoms with E-state index in [1.165, 1.54) is 41.3 Å². The van der Waals surface area contributed by atoms with Crippen molar-refractivity contribution in [2.75, 3.05) is 13.6 Å². The van der Waals surface area contributed by atoms with Gasteiger partial charge in [0, 0.05) is 30.4 Å². The zero-order valence-electron chi connectivity index (χ0n) is 14.2. The molecule has 0 radical (unpaired) electrons. The molecule has 1 aliphatic rings. The number of rotatable bonds is 4. The topological polar surface area (TPSA) is 49.3 Å². The summed E-state index contributed by atoms with van der Waals surface area (Å²) in [5.41, 5.74) is 1.41. The third kappa shape index (κ3) is 6.40. The molecule has 0 spiro atoms. The van der Waals surface area contributed by atoms with Gasteiger partial charge in [-0.1, -0.05) is 0 Å². The molecule has 0 saturated carbocycles. The number of nitrogens with zero attached hydrogens (tertiary/aromatic N) is 2. The summed E-state index contributed by atoms with van der Waals surface area (Å²) in [6, 6.07) is 0. The summed E-state index contributed by atoms with van der Waals surface area (Å²) in [4.78, 5) is 10.6. The largest absolute Gasteiger partial charge is 0.356 e. The lowest BCUT2D eigenvalue weighted by Crippen LogP contribution is -2.47. The van der Waals surface area contributed by atoms with Gasteiger partial charge in [-0.2, -0.15) is 0 Å². The summed E-state index contributed by atoms with van der Waals surface area (Å²) in [5.74, 6) is 0.876. The first-order valence-electron chi connectivity index (χ1n) is 7.94. The van der Waals surface area contributed by atoms with Crippen molar-refractivity contribution in [2.45, 2.75) is 64.8 Å². The lowest BCUT2D eigenvalue weighted by Gasteiger charge is -2.23. The highest BCUT2D eigenvalue weighted by Crippen LogP contribution is 2.27. The standard InChI is InChI=1S/C16H28N4S.HI/c1-16(2,3)20-15(17-4)18-11-7-10-14-19-12-8-5-6-9-13(12)21-14;/h5-11H2,1-4H3,(H2,17,18,20);1H. The molecule has 0 fully saturated rings. The number of nitrogens with one attached hydrogen (secondary N) is 2. The maximum Gasteiger partial charge on any atom is 0.191 e. The molecule has 0 saturated heterocycles. The molecule has 1 heterocycles. The number of aromatic nitrogens is 1. The zero-order chi connectivity index (χ0) is 15.3. The fraction of sp³-hybridized carbons (Fsp3) is 0.750. The van der Waals surface area contributed by atoms with Crippen molar-refractivity contribution in [2.24, 2.45) is 4.99 Å². The van der Waals surface area contributed by atoms with Crippen LogP contribution in [0.4, 0.5) is 0 Å². The van der Waals surface area contributed by atoms with Gasteiger partial charge in [0.05, 0.1) is 10.7 Å². The molecule has 6 heteroatoms. The number of guanidine groups is 1. The molecule has 0 atom stereocenters. The second-order valence-corrected chi connectivity index (χ2v) is 7.83. The molecule has 0 aliphatic heterocycles. The van der Waals surface area contributed by atoms with Crippen LogP contribution in [0.25, 0.3) is 0 Å². The van der Waals surface area contributed by atoms with Crippen LogP contribution >= 0.6 is 35.3 Å². The van der Waals surface area contributed by atoms with Crippen LogP contribution in [0.1, 0.15) is 55.6 Å². The van der Waals surface area contributed by atoms with Crippen molar-refractivity contribution in [3.63, 3.8) is 0 Å². The molecule has 22 heavy (non-hydrogen) atoms. The first kappa shape index (κ1) is 19.7. The Kier molecular flexibility index (Phi) is 8.10. The highest BCUT2D eigenvalue weighted by Gasteiger charge is 2.15. The molecular weight excluding hydrogens is 407 g/mol. The van der Waals surface area contributed by atoms with Crippen LogP contribution in [0.15, 0.2) is 4.99 Å². The van der Waals surface area contributed by atoms with Gasteiger partial charge in [-0.05, 0) is 52.9 Å². The summed E-state index contributed by atoms with van der Waals surface area (Å²) in [6.07, 6.45) is 7.24. The molecule has 1 aromatic rings. The van der Waals surface area contributed by atoms with Gasteiger partial charge in [0.2, 0.25) is 0 Å². The highest BCUT2D eigenvalue weighted by molar-refractivity contribution is 14.0. The van der Waals surface area contributed by atoms with E-state index in [1.54, 1.807) is 0 Å². The Morgan fingerprint density at radius 1 is 1.27 bits per heavy atom. The van der Waals surface area contributed by atoms with Crippen molar-refractivity contribution in [3.05, 3.63) is 15.6 Å². The van der Waals surface area contributed by atoms with Gasteiger partial charge < -0.3 is 10.6 Å². The summed E-state index contributed by atoms with van der Waals surface area (Å²) >= 11 is 1.93. The fourth-order valence-corrected chi connectivity index (χ4v) is 3.69. The number of fused-ring (bicyclic) bond motifs is 1. The van der Waals surface area contributed by atoms with E-state index in [1.807, 2.05) is 18.4 Å². The molecule has 126 valence electrons. The van der Waals surface area contributed by atoms with Crippen LogP contribution in [0.3, 0.4) is 0 Å². The number of aryl methyl sites for hydroxylation is 3. The Labute approximate surface area is 155 Å². The lowest BCUT2D eigenvalue weighted by molar-refractivity contribution is 0.501. The van der Waals surface area contributed by atoms with Crippen LogP contribution in [0.5, 0.6) is 0 Å². The van der Waals surface area contributed by atoms with E-state index in [-0.39, 0.29) is 29.5 Å². The highest BCUT2D eigenvalue weighted by atomic mass is 127. The second-order valence-electron chi connectivity index (χ2n) is 6.66. The third-order valence-corrected chi connectivity index (χ3v) is 4.68. The van der Waals surface area contributed by atoms with E-state index in [4.69, 9.17) is 4.98 Å². The van der Waals surface area contributed by atoms with Gasteiger partial charge in [-0.25, -0.2) is 4.98 Å². The molecule has 1 aliphatic carbocycles. The molecule has 0 aromatic carbocycles. The van der Waals surface area contributed by atoms with E-state index in [9.17, 15) is 0 Å². The number of aliphatic imine (C=N–C) groups is 1. The zero-order valence-corrected chi connectivity index (χ0v) is 17.3. The van der Waals surface area contributed by atoms with Gasteiger partial charge >= 0.3 is 0 Å². The van der Waals surface area contributed by atoms with Crippen LogP contribution in [-0.4, -0.2) is 30.1 Å². The maximum atomic E-state index is 4.79. The first-order chi connectivity index (χ1) is 9.98. The van der Waals surface area contributed by atoms with E-state index in [2.05, 4.69) is 36.4 Å². The van der Waals surface area contributed by atoms with Crippen molar-refractivity contribution in [3.8, 4) is 0 Å². The SMILES string of the molecule is CN=C(NCCCc1nc2c(s1)CCCC2)NC(C)(C)C.I. The minimum absolute atomic E-state index is 0. The van der Waals surface area contributed by atoms with Crippen LogP contribution in [0, 0.1) is 0 Å². The average molecular weight is 436 g/mol. The quantitative estimate of drug-likeness (QED) is 0.329. The Balaban J connectivity index is 0.00000242. The Hall–Kier alpha value is -0.370. The van der Waals surface area contributed by atoms with E-state index >= 15 is 0 Å². The van der Waals surface area contributed by atoms with Gasteiger partial charge in [0.1, 0.15) is 0 Å². The molecule has 0 unspecified atom stereocenters. The van der Waals surface area contributed by atoms with Gasteiger partial charge in [0.25, 0.3) is 0 Å². The molecule has 0 amide bonds. The number of halogens is 1. The van der Waals surface area contributed by atoms with Gasteiger partial charge in [-0.15, -0.1) is 35.3 Å². The van der Waals surface area contributed by atoms with Crippen LogP contribution < -0.4 is 10.6 Å². The summed E-state index contributed by atoms with van der Waals surface area (Å²) in [5, 5.41) is 8.05. The average Bonchev–Trinajstić information content (AvgIpc) is 2.83. The number of hydrogen-bond donors (Lipinski definition) is 2. The minimum Gasteiger partial charge on any atom is -0.356 e. The maximum absolute atomic E-state index is 4.79. The predicted octanol–water partition coefficient (Wildman–Crippen LogP) is 3.54. The molecule has 4 nitrogen and oxygen atoms in total. The smallest absolute Gasteiger partial charge is 0.191 e. The Bertz CT molecular complexity index is 467.